The van der Waals surface area contributed by atoms with Crippen molar-refractivity contribution in [2.45, 2.75) is 0 Å². The van der Waals surface area contributed by atoms with Crippen LogP contribution in [0.25, 0.3) is 76.9 Å². The predicted molar refractivity (Wildman–Crippen MR) is 220 cm³/mol. The Morgan fingerprint density at radius 2 is 0.885 bits per heavy atom. The van der Waals surface area contributed by atoms with Crippen LogP contribution in [-0.2, 0) is 0 Å². The summed E-state index contributed by atoms with van der Waals surface area (Å²) in [5.41, 5.74) is 12.1. The second-order valence-corrected chi connectivity index (χ2v) is 13.3. The number of rotatable bonds is 6. The van der Waals surface area contributed by atoms with Gasteiger partial charge >= 0.3 is 0 Å². The Balaban J connectivity index is 1.12. The summed E-state index contributed by atoms with van der Waals surface area (Å²) in [5, 5.41) is 7.24. The first-order chi connectivity index (χ1) is 25.8. The zero-order valence-electron chi connectivity index (χ0n) is 28.4. The van der Waals surface area contributed by atoms with E-state index in [4.69, 9.17) is 4.42 Å². The molecule has 0 radical (unpaired) electrons. The van der Waals surface area contributed by atoms with E-state index in [9.17, 15) is 0 Å². The molecule has 0 amide bonds. The Bertz CT molecular complexity index is 2910. The largest absolute Gasteiger partial charge is 0.456 e. The first kappa shape index (κ1) is 30.0. The number of hydrogen-bond donors (Lipinski definition) is 0. The number of nitrogens with zero attached hydrogens (tertiary/aromatic N) is 1. The van der Waals surface area contributed by atoms with Crippen molar-refractivity contribution in [2.75, 3.05) is 4.90 Å². The smallest absolute Gasteiger partial charge is 0.136 e. The van der Waals surface area contributed by atoms with Crippen molar-refractivity contribution in [3.63, 3.8) is 0 Å². The van der Waals surface area contributed by atoms with Crippen molar-refractivity contribution in [3.05, 3.63) is 200 Å². The summed E-state index contributed by atoms with van der Waals surface area (Å²) < 4.78 is 6.28. The zero-order chi connectivity index (χ0) is 34.4. The van der Waals surface area contributed by atoms with Gasteiger partial charge in [-0.3, -0.25) is 0 Å². The standard InChI is InChI=1S/C50H33NO/c1-2-13-37-31-39(26-25-34(37)11-1)38-15-7-17-42(32-38)51(41-29-27-36(28-30-41)45-21-9-14-35-12-3-4-19-44(35)45)43-18-8-16-40(33-43)46-22-10-24-49-50(46)47-20-5-6-23-48(47)52-49/h1-33H. The Morgan fingerprint density at radius 3 is 1.73 bits per heavy atom. The lowest BCUT2D eigenvalue weighted by Crippen LogP contribution is -2.10. The lowest BCUT2D eigenvalue weighted by atomic mass is 9.97. The van der Waals surface area contributed by atoms with Crippen LogP contribution in [-0.4, -0.2) is 0 Å². The van der Waals surface area contributed by atoms with Crippen LogP contribution in [0.5, 0.6) is 0 Å². The van der Waals surface area contributed by atoms with Crippen molar-refractivity contribution in [3.8, 4) is 33.4 Å². The molecule has 2 heteroatoms. The molecule has 0 saturated heterocycles. The molecule has 0 bridgehead atoms. The van der Waals surface area contributed by atoms with Crippen LogP contribution >= 0.6 is 0 Å². The normalized spacial score (nSPS) is 11.5. The number of hydrogen-bond acceptors (Lipinski definition) is 2. The van der Waals surface area contributed by atoms with Gasteiger partial charge in [-0.05, 0) is 110 Å². The molecule has 0 N–H and O–H groups in total. The van der Waals surface area contributed by atoms with Gasteiger partial charge in [-0.15, -0.1) is 0 Å². The van der Waals surface area contributed by atoms with Crippen LogP contribution < -0.4 is 4.90 Å². The Kier molecular flexibility index (Phi) is 7.18. The lowest BCUT2D eigenvalue weighted by Gasteiger charge is -2.27. The van der Waals surface area contributed by atoms with E-state index in [2.05, 4.69) is 193 Å². The number of furan rings is 1. The van der Waals surface area contributed by atoms with E-state index in [-0.39, 0.29) is 0 Å². The van der Waals surface area contributed by atoms with Crippen molar-refractivity contribution in [2.24, 2.45) is 0 Å². The van der Waals surface area contributed by atoms with E-state index in [1.807, 2.05) is 12.1 Å². The second-order valence-electron chi connectivity index (χ2n) is 13.3. The van der Waals surface area contributed by atoms with Gasteiger partial charge in [-0.1, -0.05) is 146 Å². The van der Waals surface area contributed by atoms with Crippen LogP contribution in [0.2, 0.25) is 0 Å². The molecule has 1 aromatic heterocycles. The van der Waals surface area contributed by atoms with Crippen molar-refractivity contribution >= 4 is 60.5 Å². The molecule has 52 heavy (non-hydrogen) atoms. The molecular weight excluding hydrogens is 631 g/mol. The van der Waals surface area contributed by atoms with Crippen molar-refractivity contribution in [1.82, 2.24) is 0 Å². The van der Waals surface area contributed by atoms with E-state index < -0.39 is 0 Å². The summed E-state index contributed by atoms with van der Waals surface area (Å²) >= 11 is 0. The average Bonchev–Trinajstić information content (AvgIpc) is 3.60. The maximum Gasteiger partial charge on any atom is 0.136 e. The third-order valence-corrected chi connectivity index (χ3v) is 10.2. The SMILES string of the molecule is c1cc(-c2ccc3ccccc3c2)cc(N(c2ccc(-c3cccc4ccccc34)cc2)c2cccc(-c3cccc4oc5ccccc5c34)c2)c1. The molecule has 0 unspecified atom stereocenters. The molecule has 9 aromatic carbocycles. The molecule has 0 atom stereocenters. The van der Waals surface area contributed by atoms with Gasteiger partial charge in [-0.2, -0.15) is 0 Å². The summed E-state index contributed by atoms with van der Waals surface area (Å²) in [4.78, 5) is 2.37. The fourth-order valence-electron chi connectivity index (χ4n) is 7.74. The molecule has 10 rings (SSSR count). The van der Waals surface area contributed by atoms with E-state index in [0.29, 0.717) is 0 Å². The van der Waals surface area contributed by atoms with Gasteiger partial charge in [0.15, 0.2) is 0 Å². The summed E-state index contributed by atoms with van der Waals surface area (Å²) in [6.45, 7) is 0. The van der Waals surface area contributed by atoms with Gasteiger partial charge in [0.1, 0.15) is 11.2 Å². The maximum atomic E-state index is 6.28. The fourth-order valence-corrected chi connectivity index (χ4v) is 7.74. The van der Waals surface area contributed by atoms with Crippen molar-refractivity contribution < 1.29 is 4.42 Å². The number of fused-ring (bicyclic) bond motifs is 5. The highest BCUT2D eigenvalue weighted by Crippen LogP contribution is 2.42. The zero-order valence-corrected chi connectivity index (χ0v) is 28.4. The molecular formula is C50H33NO. The minimum atomic E-state index is 0.896. The molecule has 0 spiro atoms. The van der Waals surface area contributed by atoms with Gasteiger partial charge in [0.05, 0.1) is 0 Å². The van der Waals surface area contributed by atoms with Crippen LogP contribution in [0.4, 0.5) is 17.1 Å². The van der Waals surface area contributed by atoms with Crippen LogP contribution in [0, 0.1) is 0 Å². The number of anilines is 3. The summed E-state index contributed by atoms with van der Waals surface area (Å²) in [5.74, 6) is 0. The maximum absolute atomic E-state index is 6.28. The molecule has 0 saturated carbocycles. The fraction of sp³-hybridized carbons (Fsp3) is 0. The average molecular weight is 664 g/mol. The van der Waals surface area contributed by atoms with Crippen LogP contribution in [0.15, 0.2) is 205 Å². The van der Waals surface area contributed by atoms with Gasteiger partial charge < -0.3 is 9.32 Å². The van der Waals surface area contributed by atoms with Crippen LogP contribution in [0.1, 0.15) is 0 Å². The van der Waals surface area contributed by atoms with Gasteiger partial charge in [0.2, 0.25) is 0 Å². The van der Waals surface area contributed by atoms with Gasteiger partial charge in [0.25, 0.3) is 0 Å². The first-order valence-electron chi connectivity index (χ1n) is 17.8. The summed E-state index contributed by atoms with van der Waals surface area (Å²) in [6.07, 6.45) is 0. The molecule has 244 valence electrons. The number of para-hydroxylation sites is 1. The molecule has 1 heterocycles. The topological polar surface area (TPSA) is 16.4 Å². The predicted octanol–water partition coefficient (Wildman–Crippen LogP) is 14.4. The minimum absolute atomic E-state index is 0.896. The van der Waals surface area contributed by atoms with Gasteiger partial charge in [-0.25, -0.2) is 0 Å². The van der Waals surface area contributed by atoms with Crippen LogP contribution in [0.3, 0.4) is 0 Å². The second kappa shape index (κ2) is 12.5. The third kappa shape index (κ3) is 5.21. The quantitative estimate of drug-likeness (QED) is 0.176. The number of benzene rings is 9. The lowest BCUT2D eigenvalue weighted by molar-refractivity contribution is 0.669. The van der Waals surface area contributed by atoms with E-state index in [1.165, 1.54) is 43.8 Å². The molecule has 10 aromatic rings. The van der Waals surface area contributed by atoms with Crippen molar-refractivity contribution in [1.29, 1.82) is 0 Å². The highest BCUT2D eigenvalue weighted by molar-refractivity contribution is 6.12. The molecule has 2 nitrogen and oxygen atoms in total. The minimum Gasteiger partial charge on any atom is -0.456 e. The van der Waals surface area contributed by atoms with E-state index in [1.54, 1.807) is 0 Å². The highest BCUT2D eigenvalue weighted by Gasteiger charge is 2.17. The molecule has 0 aliphatic carbocycles. The summed E-state index contributed by atoms with van der Waals surface area (Å²) in [7, 11) is 0. The third-order valence-electron chi connectivity index (χ3n) is 10.2. The highest BCUT2D eigenvalue weighted by atomic mass is 16.3. The van der Waals surface area contributed by atoms with E-state index >= 15 is 0 Å². The Hall–Kier alpha value is -6.90. The first-order valence-corrected chi connectivity index (χ1v) is 17.8. The molecule has 0 aliphatic heterocycles. The van der Waals surface area contributed by atoms with Gasteiger partial charge in [0, 0.05) is 27.8 Å². The monoisotopic (exact) mass is 663 g/mol. The Labute approximate surface area is 302 Å². The van der Waals surface area contributed by atoms with E-state index in [0.717, 1.165) is 50.1 Å². The Morgan fingerprint density at radius 1 is 0.308 bits per heavy atom. The molecule has 0 fully saturated rings. The summed E-state index contributed by atoms with van der Waals surface area (Å²) in [6, 6.07) is 71.8. The molecule has 0 aliphatic rings.